The molecule has 2 aliphatic heterocycles. The van der Waals surface area contributed by atoms with Gasteiger partial charge in [0.05, 0.1) is 22.7 Å². The smallest absolute Gasteiger partial charge is 0.267 e. The van der Waals surface area contributed by atoms with Gasteiger partial charge in [-0.3, -0.25) is 4.79 Å². The number of rotatable bonds is 3. The van der Waals surface area contributed by atoms with Gasteiger partial charge in [-0.15, -0.1) is 0 Å². The van der Waals surface area contributed by atoms with E-state index in [1.54, 1.807) is 46.2 Å². The van der Waals surface area contributed by atoms with Crippen LogP contribution in [0.15, 0.2) is 58.5 Å². The van der Waals surface area contributed by atoms with Crippen LogP contribution in [-0.4, -0.2) is 39.4 Å². The van der Waals surface area contributed by atoms with Crippen molar-refractivity contribution in [1.29, 1.82) is 0 Å². The van der Waals surface area contributed by atoms with E-state index in [1.807, 2.05) is 0 Å². The summed E-state index contributed by atoms with van der Waals surface area (Å²) >= 11 is 6.27. The summed E-state index contributed by atoms with van der Waals surface area (Å²) in [6.07, 6.45) is 3.16. The van der Waals surface area contributed by atoms with Crippen LogP contribution in [0.25, 0.3) is 0 Å². The number of hydrogen-bond acceptors (Lipinski definition) is 5. The summed E-state index contributed by atoms with van der Waals surface area (Å²) in [5.41, 5.74) is 1.11. The van der Waals surface area contributed by atoms with Crippen LogP contribution in [0.3, 0.4) is 0 Å². The minimum atomic E-state index is -3.91. The zero-order chi connectivity index (χ0) is 19.9. The third kappa shape index (κ3) is 3.04. The fourth-order valence-corrected chi connectivity index (χ4v) is 5.31. The van der Waals surface area contributed by atoms with Gasteiger partial charge < -0.3 is 14.5 Å². The summed E-state index contributed by atoms with van der Waals surface area (Å²) in [4.78, 5) is 16.1. The molecule has 0 aliphatic carbocycles. The number of halogens is 1. The predicted molar refractivity (Wildman–Crippen MR) is 108 cm³/mol. The molecule has 6 nitrogen and oxygen atoms in total. The molecule has 2 heterocycles. The third-order valence-electron chi connectivity index (χ3n) is 4.97. The maximum absolute atomic E-state index is 13.2. The monoisotopic (exact) mass is 418 g/mol. The number of carbonyl (C=O) groups excluding carboxylic acids is 1. The number of fused-ring (bicyclic) bond motifs is 1. The number of carbonyl (C=O) groups is 1. The van der Waals surface area contributed by atoms with E-state index in [4.69, 9.17) is 16.3 Å². The van der Waals surface area contributed by atoms with Gasteiger partial charge in [0.2, 0.25) is 9.84 Å². The third-order valence-corrected chi connectivity index (χ3v) is 7.05. The number of methoxy groups -OCH3 is 1. The highest BCUT2D eigenvalue weighted by molar-refractivity contribution is 7.96. The fraction of sp³-hybridized carbons (Fsp3) is 0.250. The molecule has 0 N–H and O–H groups in total. The van der Waals surface area contributed by atoms with E-state index in [0.717, 1.165) is 12.8 Å². The number of amides is 1. The van der Waals surface area contributed by atoms with E-state index in [1.165, 1.54) is 19.4 Å². The van der Waals surface area contributed by atoms with Crippen molar-refractivity contribution >= 4 is 38.7 Å². The van der Waals surface area contributed by atoms with Crippen molar-refractivity contribution in [2.75, 3.05) is 25.1 Å². The van der Waals surface area contributed by atoms with Crippen molar-refractivity contribution in [3.63, 3.8) is 0 Å². The normalized spacial score (nSPS) is 17.9. The Morgan fingerprint density at radius 3 is 2.50 bits per heavy atom. The molecule has 0 saturated carbocycles. The zero-order valence-corrected chi connectivity index (χ0v) is 16.8. The molecule has 2 aromatic rings. The van der Waals surface area contributed by atoms with Crippen LogP contribution >= 0.6 is 11.6 Å². The summed E-state index contributed by atoms with van der Waals surface area (Å²) in [7, 11) is -2.39. The first kappa shape index (κ1) is 18.8. The van der Waals surface area contributed by atoms with E-state index < -0.39 is 15.7 Å². The Morgan fingerprint density at radius 1 is 1.11 bits per heavy atom. The summed E-state index contributed by atoms with van der Waals surface area (Å²) in [6, 6.07) is 11.8. The second-order valence-corrected chi connectivity index (χ2v) is 8.95. The number of sulfone groups is 1. The van der Waals surface area contributed by atoms with Crippen molar-refractivity contribution in [2.24, 2.45) is 0 Å². The number of likely N-dealkylation sites (tertiary alicyclic amines) is 1. The molecule has 0 radical (unpaired) electrons. The first-order valence-corrected chi connectivity index (χ1v) is 10.8. The van der Waals surface area contributed by atoms with Crippen molar-refractivity contribution in [3.8, 4) is 5.75 Å². The molecule has 1 amide bonds. The lowest BCUT2D eigenvalue weighted by Gasteiger charge is -2.30. The SMILES string of the molecule is COc1ccc(N2C=C(C(=O)N3CCCC3)S(=O)(=O)c3ccccc32)cc1Cl. The van der Waals surface area contributed by atoms with Gasteiger partial charge in [-0.05, 0) is 43.2 Å². The maximum atomic E-state index is 13.2. The molecule has 2 aliphatic rings. The number of nitrogens with zero attached hydrogens (tertiary/aromatic N) is 2. The van der Waals surface area contributed by atoms with Gasteiger partial charge in [0.25, 0.3) is 5.91 Å². The zero-order valence-electron chi connectivity index (χ0n) is 15.3. The number of benzene rings is 2. The van der Waals surface area contributed by atoms with Gasteiger partial charge in [0.1, 0.15) is 5.75 Å². The Balaban J connectivity index is 1.87. The highest BCUT2D eigenvalue weighted by atomic mass is 35.5. The predicted octanol–water partition coefficient (Wildman–Crippen LogP) is 3.74. The molecule has 0 spiro atoms. The van der Waals surface area contributed by atoms with Gasteiger partial charge in [-0.1, -0.05) is 23.7 Å². The molecule has 1 saturated heterocycles. The van der Waals surface area contributed by atoms with E-state index in [9.17, 15) is 13.2 Å². The maximum Gasteiger partial charge on any atom is 0.267 e. The largest absolute Gasteiger partial charge is 0.495 e. The number of ether oxygens (including phenoxy) is 1. The van der Waals surface area contributed by atoms with Gasteiger partial charge in [-0.2, -0.15) is 0 Å². The minimum absolute atomic E-state index is 0.104. The van der Waals surface area contributed by atoms with Crippen molar-refractivity contribution in [2.45, 2.75) is 17.7 Å². The quantitative estimate of drug-likeness (QED) is 0.759. The van der Waals surface area contributed by atoms with E-state index in [0.29, 0.717) is 35.2 Å². The lowest BCUT2D eigenvalue weighted by atomic mass is 10.2. The highest BCUT2D eigenvalue weighted by Gasteiger charge is 2.38. The van der Waals surface area contributed by atoms with Crippen molar-refractivity contribution in [1.82, 2.24) is 4.90 Å². The Labute approximate surface area is 168 Å². The standard InChI is InChI=1S/C20H19ClN2O4S/c1-27-17-9-8-14(12-15(17)21)23-13-19(20(24)22-10-4-5-11-22)28(25,26)18-7-3-2-6-16(18)23/h2-3,6-9,12-13H,4-5,10-11H2,1H3. The molecule has 146 valence electrons. The van der Waals surface area contributed by atoms with Crippen LogP contribution < -0.4 is 9.64 Å². The molecule has 8 heteroatoms. The highest BCUT2D eigenvalue weighted by Crippen LogP contribution is 2.41. The van der Waals surface area contributed by atoms with Gasteiger partial charge >= 0.3 is 0 Å². The van der Waals surface area contributed by atoms with E-state index in [2.05, 4.69) is 0 Å². The molecular weight excluding hydrogens is 400 g/mol. The average molecular weight is 419 g/mol. The molecule has 28 heavy (non-hydrogen) atoms. The van der Waals surface area contributed by atoms with Crippen LogP contribution in [0.5, 0.6) is 5.75 Å². The lowest BCUT2D eigenvalue weighted by molar-refractivity contribution is -0.125. The Kier molecular flexibility index (Phi) is 4.81. The topological polar surface area (TPSA) is 66.9 Å². The first-order valence-electron chi connectivity index (χ1n) is 8.91. The molecule has 0 bridgehead atoms. The molecule has 0 unspecified atom stereocenters. The van der Waals surface area contributed by atoms with Gasteiger partial charge in [0, 0.05) is 25.0 Å². The summed E-state index contributed by atoms with van der Waals surface area (Å²) in [6.45, 7) is 1.14. The van der Waals surface area contributed by atoms with Crippen molar-refractivity contribution in [3.05, 3.63) is 58.6 Å². The van der Waals surface area contributed by atoms with Crippen LogP contribution in [0.2, 0.25) is 5.02 Å². The first-order chi connectivity index (χ1) is 13.4. The second kappa shape index (κ2) is 7.14. The van der Waals surface area contributed by atoms with E-state index in [-0.39, 0.29) is 9.80 Å². The van der Waals surface area contributed by atoms with Crippen LogP contribution in [0.1, 0.15) is 12.8 Å². The molecule has 0 atom stereocenters. The molecule has 2 aromatic carbocycles. The summed E-state index contributed by atoms with van der Waals surface area (Å²) < 4.78 is 31.5. The Bertz CT molecular complexity index is 1080. The second-order valence-electron chi connectivity index (χ2n) is 6.65. The summed E-state index contributed by atoms with van der Waals surface area (Å²) in [5, 5.41) is 0.395. The number of para-hydroxylation sites is 1. The molecule has 4 rings (SSSR count). The van der Waals surface area contributed by atoms with Crippen LogP contribution in [-0.2, 0) is 14.6 Å². The average Bonchev–Trinajstić information content (AvgIpc) is 3.22. The van der Waals surface area contributed by atoms with Gasteiger partial charge in [0.15, 0.2) is 4.91 Å². The fourth-order valence-electron chi connectivity index (χ4n) is 3.52. The minimum Gasteiger partial charge on any atom is -0.495 e. The van der Waals surface area contributed by atoms with Crippen molar-refractivity contribution < 1.29 is 17.9 Å². The summed E-state index contributed by atoms with van der Waals surface area (Å²) in [5.74, 6) is 0.0530. The molecule has 1 fully saturated rings. The molecule has 0 aromatic heterocycles. The van der Waals surface area contributed by atoms with Crippen LogP contribution in [0, 0.1) is 0 Å². The van der Waals surface area contributed by atoms with E-state index >= 15 is 0 Å². The number of anilines is 2. The lowest BCUT2D eigenvalue weighted by Crippen LogP contribution is -2.35. The molecular formula is C20H19ClN2O4S. The van der Waals surface area contributed by atoms with Crippen LogP contribution in [0.4, 0.5) is 11.4 Å². The van der Waals surface area contributed by atoms with Gasteiger partial charge in [-0.25, -0.2) is 8.42 Å². The Morgan fingerprint density at radius 2 is 1.82 bits per heavy atom. The number of hydrogen-bond donors (Lipinski definition) is 0. The Hall–Kier alpha value is -2.51.